The van der Waals surface area contributed by atoms with Crippen LogP contribution >= 0.6 is 0 Å². The van der Waals surface area contributed by atoms with Gasteiger partial charge in [-0.1, -0.05) is 31.8 Å². The summed E-state index contributed by atoms with van der Waals surface area (Å²) in [5, 5.41) is 11.7. The summed E-state index contributed by atoms with van der Waals surface area (Å²) in [4.78, 5) is 10.2. The van der Waals surface area contributed by atoms with Gasteiger partial charge < -0.3 is 10.4 Å². The molecule has 1 fully saturated rings. The van der Waals surface area contributed by atoms with Crippen LogP contribution in [-0.2, 0) is 4.79 Å². The molecule has 0 atom stereocenters. The molecule has 2 N–H and O–H groups in total. The summed E-state index contributed by atoms with van der Waals surface area (Å²) in [6.45, 7) is 0.678. The van der Waals surface area contributed by atoms with Gasteiger partial charge in [-0.15, -0.1) is 0 Å². The Balaban J connectivity index is 2.13. The Morgan fingerprint density at radius 1 is 1.29 bits per heavy atom. The summed E-state index contributed by atoms with van der Waals surface area (Å²) in [6.07, 6.45) is 10.7. The first-order valence-electron chi connectivity index (χ1n) is 5.42. The lowest BCUT2D eigenvalue weighted by molar-refractivity contribution is -0.131. The number of nitrogens with one attached hydrogen (secondary N) is 1. The van der Waals surface area contributed by atoms with Crippen molar-refractivity contribution in [2.24, 2.45) is 0 Å². The van der Waals surface area contributed by atoms with Gasteiger partial charge in [0.25, 0.3) is 0 Å². The van der Waals surface area contributed by atoms with Crippen LogP contribution in [0.3, 0.4) is 0 Å². The van der Waals surface area contributed by atoms with Crippen LogP contribution < -0.4 is 5.32 Å². The van der Waals surface area contributed by atoms with Crippen molar-refractivity contribution in [1.82, 2.24) is 5.32 Å². The van der Waals surface area contributed by atoms with Crippen molar-refractivity contribution < 1.29 is 9.90 Å². The predicted molar refractivity (Wildman–Crippen MR) is 56.3 cm³/mol. The Bertz CT molecular complexity index is 193. The molecule has 0 saturated heterocycles. The monoisotopic (exact) mass is 197 g/mol. The van der Waals surface area contributed by atoms with Crippen molar-refractivity contribution >= 4 is 5.97 Å². The highest BCUT2D eigenvalue weighted by Crippen LogP contribution is 2.16. The number of carboxylic acids is 1. The molecule has 0 spiro atoms. The van der Waals surface area contributed by atoms with Gasteiger partial charge in [-0.3, -0.25) is 0 Å². The lowest BCUT2D eigenvalue weighted by Crippen LogP contribution is -2.28. The van der Waals surface area contributed by atoms with E-state index in [1.807, 2.05) is 0 Å². The van der Waals surface area contributed by atoms with Gasteiger partial charge in [0.1, 0.15) is 0 Å². The van der Waals surface area contributed by atoms with Crippen molar-refractivity contribution in [2.45, 2.75) is 44.6 Å². The minimum atomic E-state index is -0.868. The first-order chi connectivity index (χ1) is 6.79. The van der Waals surface area contributed by atoms with Gasteiger partial charge in [0.15, 0.2) is 0 Å². The Morgan fingerprint density at radius 2 is 1.93 bits per heavy atom. The van der Waals surface area contributed by atoms with Crippen molar-refractivity contribution in [3.63, 3.8) is 0 Å². The molecule has 0 bridgehead atoms. The number of carbonyl (C=O) groups is 1. The van der Waals surface area contributed by atoms with Crippen molar-refractivity contribution in [2.75, 3.05) is 6.54 Å². The van der Waals surface area contributed by atoms with Gasteiger partial charge in [-0.05, 0) is 12.8 Å². The zero-order chi connectivity index (χ0) is 10.2. The molecule has 1 saturated carbocycles. The molecule has 1 aliphatic carbocycles. The molecule has 0 heterocycles. The van der Waals surface area contributed by atoms with Gasteiger partial charge >= 0.3 is 5.97 Å². The van der Waals surface area contributed by atoms with E-state index in [0.717, 1.165) is 0 Å². The summed E-state index contributed by atoms with van der Waals surface area (Å²) >= 11 is 0. The molecule has 1 aliphatic rings. The molecule has 3 nitrogen and oxygen atoms in total. The number of carboxylic acid groups (broad SMARTS) is 1. The highest BCUT2D eigenvalue weighted by atomic mass is 16.4. The Morgan fingerprint density at radius 3 is 2.50 bits per heavy atom. The van der Waals surface area contributed by atoms with Crippen LogP contribution in [0.4, 0.5) is 0 Å². The number of hydrogen-bond acceptors (Lipinski definition) is 2. The standard InChI is InChI=1S/C11H19NO2/c13-11(14)8-5-9-12-10-6-3-1-2-4-7-10/h5,8,10,12H,1-4,6-7,9H2,(H,13,14)/b8-5+. The molecule has 0 aromatic carbocycles. The molecular formula is C11H19NO2. The summed E-state index contributed by atoms with van der Waals surface area (Å²) in [6, 6.07) is 0.593. The van der Waals surface area contributed by atoms with E-state index in [-0.39, 0.29) is 0 Å². The smallest absolute Gasteiger partial charge is 0.328 e. The highest BCUT2D eigenvalue weighted by Gasteiger charge is 2.09. The third-order valence-electron chi connectivity index (χ3n) is 2.64. The quantitative estimate of drug-likeness (QED) is 0.535. The van der Waals surface area contributed by atoms with E-state index in [1.165, 1.54) is 44.6 Å². The molecule has 80 valence electrons. The van der Waals surface area contributed by atoms with E-state index in [2.05, 4.69) is 5.32 Å². The largest absolute Gasteiger partial charge is 0.478 e. The predicted octanol–water partition coefficient (Wildman–Crippen LogP) is 1.94. The molecule has 0 aromatic heterocycles. The fourth-order valence-electron chi connectivity index (χ4n) is 1.88. The molecule has 0 unspecified atom stereocenters. The second-order valence-electron chi connectivity index (χ2n) is 3.84. The Labute approximate surface area is 85.2 Å². The molecule has 0 radical (unpaired) electrons. The van der Waals surface area contributed by atoms with Crippen LogP contribution in [0.1, 0.15) is 38.5 Å². The van der Waals surface area contributed by atoms with Crippen LogP contribution in [0.15, 0.2) is 12.2 Å². The summed E-state index contributed by atoms with van der Waals surface area (Å²) < 4.78 is 0. The number of aliphatic carboxylic acids is 1. The number of hydrogen-bond donors (Lipinski definition) is 2. The van der Waals surface area contributed by atoms with Crippen LogP contribution in [0.25, 0.3) is 0 Å². The van der Waals surface area contributed by atoms with Crippen LogP contribution in [-0.4, -0.2) is 23.7 Å². The van der Waals surface area contributed by atoms with Crippen LogP contribution in [0.5, 0.6) is 0 Å². The first kappa shape index (κ1) is 11.2. The second-order valence-corrected chi connectivity index (χ2v) is 3.84. The van der Waals surface area contributed by atoms with Gasteiger partial charge in [0.05, 0.1) is 0 Å². The third kappa shape index (κ3) is 5.02. The average molecular weight is 197 g/mol. The normalized spacial score (nSPS) is 19.7. The Kier molecular flexibility index (Phi) is 5.30. The first-order valence-corrected chi connectivity index (χ1v) is 5.42. The maximum Gasteiger partial charge on any atom is 0.328 e. The minimum absolute atomic E-state index is 0.593. The number of rotatable bonds is 4. The van der Waals surface area contributed by atoms with Crippen LogP contribution in [0.2, 0.25) is 0 Å². The molecule has 0 aliphatic heterocycles. The highest BCUT2D eigenvalue weighted by molar-refractivity contribution is 5.79. The minimum Gasteiger partial charge on any atom is -0.478 e. The van der Waals surface area contributed by atoms with Gasteiger partial charge in [-0.2, -0.15) is 0 Å². The zero-order valence-electron chi connectivity index (χ0n) is 8.54. The molecule has 14 heavy (non-hydrogen) atoms. The molecule has 1 rings (SSSR count). The molecule has 3 heteroatoms. The summed E-state index contributed by atoms with van der Waals surface area (Å²) in [5.74, 6) is -0.868. The van der Waals surface area contributed by atoms with E-state index in [0.29, 0.717) is 12.6 Å². The second kappa shape index (κ2) is 6.60. The van der Waals surface area contributed by atoms with Crippen molar-refractivity contribution in [1.29, 1.82) is 0 Å². The SMILES string of the molecule is O=C(O)/C=C/CNC1CCCCCC1. The zero-order valence-corrected chi connectivity index (χ0v) is 8.54. The van der Waals surface area contributed by atoms with E-state index in [9.17, 15) is 4.79 Å². The average Bonchev–Trinajstić information content (AvgIpc) is 2.40. The lowest BCUT2D eigenvalue weighted by atomic mass is 10.1. The van der Waals surface area contributed by atoms with Gasteiger partial charge in [0.2, 0.25) is 0 Å². The fourth-order valence-corrected chi connectivity index (χ4v) is 1.88. The molecule has 0 aromatic rings. The van der Waals surface area contributed by atoms with E-state index in [1.54, 1.807) is 6.08 Å². The van der Waals surface area contributed by atoms with Crippen molar-refractivity contribution in [3.8, 4) is 0 Å². The fraction of sp³-hybridized carbons (Fsp3) is 0.727. The van der Waals surface area contributed by atoms with Gasteiger partial charge in [-0.25, -0.2) is 4.79 Å². The molecular weight excluding hydrogens is 178 g/mol. The van der Waals surface area contributed by atoms with E-state index < -0.39 is 5.97 Å². The summed E-state index contributed by atoms with van der Waals surface area (Å²) in [5.41, 5.74) is 0. The van der Waals surface area contributed by atoms with Crippen LogP contribution in [0, 0.1) is 0 Å². The van der Waals surface area contributed by atoms with Gasteiger partial charge in [0, 0.05) is 18.7 Å². The summed E-state index contributed by atoms with van der Waals surface area (Å²) in [7, 11) is 0. The third-order valence-corrected chi connectivity index (χ3v) is 2.64. The lowest BCUT2D eigenvalue weighted by Gasteiger charge is -2.14. The Hall–Kier alpha value is -0.830. The van der Waals surface area contributed by atoms with E-state index >= 15 is 0 Å². The maximum absolute atomic E-state index is 10.2. The maximum atomic E-state index is 10.2. The van der Waals surface area contributed by atoms with E-state index in [4.69, 9.17) is 5.11 Å². The molecule has 0 amide bonds. The topological polar surface area (TPSA) is 49.3 Å². The van der Waals surface area contributed by atoms with Crippen molar-refractivity contribution in [3.05, 3.63) is 12.2 Å².